The van der Waals surface area contributed by atoms with Gasteiger partial charge in [-0.1, -0.05) is 42.3 Å². The molecule has 0 aliphatic heterocycles. The number of terminal acetylenes is 1. The van der Waals surface area contributed by atoms with Crippen LogP contribution in [-0.4, -0.2) is 6.04 Å². The van der Waals surface area contributed by atoms with E-state index in [2.05, 4.69) is 25.1 Å². The maximum atomic E-state index is 6.18. The Balaban J connectivity index is 2.79. The number of rotatable bonds is 5. The van der Waals surface area contributed by atoms with E-state index >= 15 is 0 Å². The molecule has 0 aliphatic rings. The molecule has 2 atom stereocenters. The summed E-state index contributed by atoms with van der Waals surface area (Å²) in [7, 11) is 0. The quantitative estimate of drug-likeness (QED) is 0.779. The molecule has 0 heterocycles. The summed E-state index contributed by atoms with van der Waals surface area (Å²) >= 11 is 12.2. The van der Waals surface area contributed by atoms with Crippen LogP contribution in [0.1, 0.15) is 38.3 Å². The van der Waals surface area contributed by atoms with E-state index in [0.29, 0.717) is 16.1 Å². The van der Waals surface area contributed by atoms with E-state index in [9.17, 15) is 0 Å². The Morgan fingerprint density at radius 3 is 2.71 bits per heavy atom. The SMILES string of the molecule is C#CCC(CC)NC(C)c1cccc(Cl)c1Cl. The molecule has 0 saturated carbocycles. The molecule has 0 saturated heterocycles. The van der Waals surface area contributed by atoms with Crippen LogP contribution in [-0.2, 0) is 0 Å². The zero-order chi connectivity index (χ0) is 12.8. The van der Waals surface area contributed by atoms with Crippen LogP contribution in [0.5, 0.6) is 0 Å². The molecule has 0 amide bonds. The zero-order valence-electron chi connectivity index (χ0n) is 10.1. The molecule has 1 aromatic rings. The Morgan fingerprint density at radius 1 is 1.41 bits per heavy atom. The van der Waals surface area contributed by atoms with Gasteiger partial charge in [0, 0.05) is 18.5 Å². The van der Waals surface area contributed by atoms with Gasteiger partial charge in [0.2, 0.25) is 0 Å². The summed E-state index contributed by atoms with van der Waals surface area (Å²) in [5.74, 6) is 2.68. The minimum Gasteiger partial charge on any atom is -0.306 e. The van der Waals surface area contributed by atoms with Crippen LogP contribution in [0.4, 0.5) is 0 Å². The second-order valence-corrected chi connectivity index (χ2v) is 4.83. The van der Waals surface area contributed by atoms with Gasteiger partial charge < -0.3 is 5.32 Å². The maximum absolute atomic E-state index is 6.18. The van der Waals surface area contributed by atoms with Crippen molar-refractivity contribution in [2.24, 2.45) is 0 Å². The lowest BCUT2D eigenvalue weighted by molar-refractivity contribution is 0.449. The van der Waals surface area contributed by atoms with Gasteiger partial charge in [0.05, 0.1) is 10.0 Å². The van der Waals surface area contributed by atoms with Gasteiger partial charge in [-0.05, 0) is 25.0 Å². The van der Waals surface area contributed by atoms with Gasteiger partial charge in [-0.15, -0.1) is 12.3 Å². The Kier molecular flexibility index (Phi) is 5.85. The van der Waals surface area contributed by atoms with E-state index in [-0.39, 0.29) is 6.04 Å². The summed E-state index contributed by atoms with van der Waals surface area (Å²) in [5.41, 5.74) is 1.01. The summed E-state index contributed by atoms with van der Waals surface area (Å²) in [6.07, 6.45) is 7.05. The van der Waals surface area contributed by atoms with Crippen molar-refractivity contribution in [3.8, 4) is 12.3 Å². The van der Waals surface area contributed by atoms with Crippen molar-refractivity contribution in [1.82, 2.24) is 5.32 Å². The van der Waals surface area contributed by atoms with Crippen LogP contribution >= 0.6 is 23.2 Å². The number of benzene rings is 1. The molecule has 17 heavy (non-hydrogen) atoms. The van der Waals surface area contributed by atoms with Crippen molar-refractivity contribution in [3.05, 3.63) is 33.8 Å². The van der Waals surface area contributed by atoms with E-state index < -0.39 is 0 Å². The predicted molar refractivity (Wildman–Crippen MR) is 75.5 cm³/mol. The minimum atomic E-state index is 0.138. The highest BCUT2D eigenvalue weighted by molar-refractivity contribution is 6.42. The summed E-state index contributed by atoms with van der Waals surface area (Å²) in [5, 5.41) is 4.67. The fraction of sp³-hybridized carbons (Fsp3) is 0.429. The largest absolute Gasteiger partial charge is 0.306 e. The Bertz CT molecular complexity index is 409. The Labute approximate surface area is 114 Å². The zero-order valence-corrected chi connectivity index (χ0v) is 11.6. The van der Waals surface area contributed by atoms with Crippen molar-refractivity contribution < 1.29 is 0 Å². The average Bonchev–Trinajstić information content (AvgIpc) is 2.31. The Morgan fingerprint density at radius 2 is 2.12 bits per heavy atom. The van der Waals surface area contributed by atoms with Crippen LogP contribution in [0.2, 0.25) is 10.0 Å². The predicted octanol–water partition coefficient (Wildman–Crippen LogP) is 4.45. The first kappa shape index (κ1) is 14.4. The van der Waals surface area contributed by atoms with Crippen LogP contribution in [0.3, 0.4) is 0 Å². The van der Waals surface area contributed by atoms with Gasteiger partial charge in [0.1, 0.15) is 0 Å². The summed E-state index contributed by atoms with van der Waals surface area (Å²) in [4.78, 5) is 0. The van der Waals surface area contributed by atoms with E-state index in [1.807, 2.05) is 12.1 Å². The minimum absolute atomic E-state index is 0.138. The lowest BCUT2D eigenvalue weighted by atomic mass is 10.1. The maximum Gasteiger partial charge on any atom is 0.0639 e. The molecule has 0 aliphatic carbocycles. The summed E-state index contributed by atoms with van der Waals surface area (Å²) in [6.45, 7) is 4.18. The first-order valence-corrected chi connectivity index (χ1v) is 6.49. The molecule has 0 radical (unpaired) electrons. The van der Waals surface area contributed by atoms with Gasteiger partial charge in [-0.3, -0.25) is 0 Å². The van der Waals surface area contributed by atoms with Gasteiger partial charge >= 0.3 is 0 Å². The average molecular weight is 270 g/mol. The molecule has 0 aromatic heterocycles. The highest BCUT2D eigenvalue weighted by Crippen LogP contribution is 2.30. The van der Waals surface area contributed by atoms with E-state index in [1.54, 1.807) is 6.07 Å². The van der Waals surface area contributed by atoms with Crippen LogP contribution < -0.4 is 5.32 Å². The van der Waals surface area contributed by atoms with E-state index in [1.165, 1.54) is 0 Å². The van der Waals surface area contributed by atoms with Crippen molar-refractivity contribution in [1.29, 1.82) is 0 Å². The highest BCUT2D eigenvalue weighted by Gasteiger charge is 2.14. The second kappa shape index (κ2) is 6.91. The summed E-state index contributed by atoms with van der Waals surface area (Å²) < 4.78 is 0. The fourth-order valence-corrected chi connectivity index (χ4v) is 2.23. The fourth-order valence-electron chi connectivity index (χ4n) is 1.76. The van der Waals surface area contributed by atoms with Crippen molar-refractivity contribution in [2.75, 3.05) is 0 Å². The standard InChI is InChI=1S/C14H17Cl2N/c1-4-7-11(5-2)17-10(3)12-8-6-9-13(15)14(12)16/h1,6,8-11,17H,5,7H2,2-3H3. The van der Waals surface area contributed by atoms with Crippen molar-refractivity contribution in [2.45, 2.75) is 38.8 Å². The number of hydrogen-bond acceptors (Lipinski definition) is 1. The third kappa shape index (κ3) is 3.92. The molecule has 0 spiro atoms. The van der Waals surface area contributed by atoms with Crippen LogP contribution in [0.25, 0.3) is 0 Å². The lowest BCUT2D eigenvalue weighted by Gasteiger charge is -2.22. The molecule has 1 nitrogen and oxygen atoms in total. The normalized spacial score (nSPS) is 14.1. The highest BCUT2D eigenvalue weighted by atomic mass is 35.5. The molecule has 1 rings (SSSR count). The smallest absolute Gasteiger partial charge is 0.0639 e. The monoisotopic (exact) mass is 269 g/mol. The molecule has 2 unspecified atom stereocenters. The molecular formula is C14H17Cl2N. The third-order valence-corrected chi connectivity index (χ3v) is 3.62. The van der Waals surface area contributed by atoms with Gasteiger partial charge in [0.25, 0.3) is 0 Å². The topological polar surface area (TPSA) is 12.0 Å². The summed E-state index contributed by atoms with van der Waals surface area (Å²) in [6, 6.07) is 6.13. The van der Waals surface area contributed by atoms with E-state index in [4.69, 9.17) is 29.6 Å². The molecule has 1 aromatic carbocycles. The van der Waals surface area contributed by atoms with Gasteiger partial charge in [0.15, 0.2) is 0 Å². The molecule has 0 bridgehead atoms. The number of hydrogen-bond donors (Lipinski definition) is 1. The van der Waals surface area contributed by atoms with Crippen LogP contribution in [0, 0.1) is 12.3 Å². The van der Waals surface area contributed by atoms with Gasteiger partial charge in [-0.25, -0.2) is 0 Å². The second-order valence-electron chi connectivity index (χ2n) is 4.04. The Hall–Kier alpha value is -0.680. The third-order valence-electron chi connectivity index (χ3n) is 2.79. The first-order valence-electron chi connectivity index (χ1n) is 5.73. The molecule has 3 heteroatoms. The molecule has 92 valence electrons. The van der Waals surface area contributed by atoms with Crippen LogP contribution in [0.15, 0.2) is 18.2 Å². The lowest BCUT2D eigenvalue weighted by Crippen LogP contribution is -2.30. The first-order chi connectivity index (χ1) is 8.10. The molecular weight excluding hydrogens is 253 g/mol. The van der Waals surface area contributed by atoms with Crippen molar-refractivity contribution >= 4 is 23.2 Å². The van der Waals surface area contributed by atoms with E-state index in [0.717, 1.165) is 18.4 Å². The van der Waals surface area contributed by atoms with Crippen molar-refractivity contribution in [3.63, 3.8) is 0 Å². The van der Waals surface area contributed by atoms with Gasteiger partial charge in [-0.2, -0.15) is 0 Å². The number of nitrogens with one attached hydrogen (secondary N) is 1. The number of halogens is 2. The molecule has 0 fully saturated rings. The molecule has 1 N–H and O–H groups in total.